The Labute approximate surface area is 203 Å². The highest BCUT2D eigenvalue weighted by atomic mass is 16.3. The average molecular weight is 480 g/mol. The number of benzene rings is 2. The smallest absolute Gasteiger partial charge is 0.464 e. The maximum absolute atomic E-state index is 13.6. The first-order valence-electron chi connectivity index (χ1n) is 10.8. The Hall–Kier alpha value is -5.38. The molecular weight excluding hydrogens is 462 g/mol. The van der Waals surface area contributed by atoms with E-state index < -0.39 is 29.1 Å². The molecule has 0 atom stereocenters. The number of pyridine rings is 1. The van der Waals surface area contributed by atoms with Crippen molar-refractivity contribution in [3.63, 3.8) is 0 Å². The lowest BCUT2D eigenvalue weighted by Gasteiger charge is -2.20. The minimum absolute atomic E-state index is 0.0472. The van der Waals surface area contributed by atoms with Crippen LogP contribution in [0.3, 0.4) is 0 Å². The molecule has 0 aliphatic carbocycles. The van der Waals surface area contributed by atoms with E-state index in [2.05, 4.69) is 9.98 Å². The number of nitrogens with one attached hydrogen (secondary N) is 1. The van der Waals surface area contributed by atoms with E-state index in [0.717, 1.165) is 15.5 Å². The zero-order valence-electron chi connectivity index (χ0n) is 18.6. The van der Waals surface area contributed by atoms with E-state index >= 15 is 0 Å². The molecule has 3 amide bonds. The van der Waals surface area contributed by atoms with E-state index in [-0.39, 0.29) is 22.7 Å². The second-order valence-corrected chi connectivity index (χ2v) is 7.70. The van der Waals surface area contributed by atoms with E-state index in [1.54, 1.807) is 91.3 Å². The molecule has 2 aromatic heterocycles. The van der Waals surface area contributed by atoms with E-state index in [1.165, 1.54) is 4.57 Å². The second kappa shape index (κ2) is 9.11. The van der Waals surface area contributed by atoms with Gasteiger partial charge in [0.05, 0.1) is 23.8 Å². The molecule has 5 rings (SSSR count). The number of anilines is 1. The van der Waals surface area contributed by atoms with Crippen LogP contribution in [0.1, 0.15) is 5.56 Å². The summed E-state index contributed by atoms with van der Waals surface area (Å²) >= 11 is 0. The number of H-pyrrole nitrogens is 1. The predicted octanol–water partition coefficient (Wildman–Crippen LogP) is 2.02. The van der Waals surface area contributed by atoms with Gasteiger partial charge in [0.25, 0.3) is 11.5 Å². The fourth-order valence-electron chi connectivity index (χ4n) is 3.80. The Kier molecular flexibility index (Phi) is 5.67. The van der Waals surface area contributed by atoms with Gasteiger partial charge in [0.1, 0.15) is 11.1 Å². The highest BCUT2D eigenvalue weighted by molar-refractivity contribution is 6.37. The standard InChI is InChI=1S/C26H17N5O5/c32-22-20(24(34)31(26(36)28-22)18-12-6-2-7-13-18)16-19-21(29-14-8-3-9-15-29)27-25(35)30(23(19)33)17-10-4-1-5-11-17/h1-16H,(H-,27,28,32,33,34,35,36)/p+1. The topological polar surface area (TPSA) is 129 Å². The van der Waals surface area contributed by atoms with Crippen molar-refractivity contribution in [3.8, 4) is 11.6 Å². The monoisotopic (exact) mass is 480 g/mol. The average Bonchev–Trinajstić information content (AvgIpc) is 2.89. The maximum Gasteiger partial charge on any atom is 0.464 e. The third kappa shape index (κ3) is 3.92. The fraction of sp³-hybridized carbons (Fsp3) is 0. The van der Waals surface area contributed by atoms with Crippen LogP contribution in [0.4, 0.5) is 10.5 Å². The molecule has 2 N–H and O–H groups in total. The Morgan fingerprint density at radius 3 is 2.03 bits per heavy atom. The number of carbonyl (C=O) groups excluding carboxylic acids is 2. The van der Waals surface area contributed by atoms with Crippen molar-refractivity contribution in [2.45, 2.75) is 0 Å². The molecule has 0 saturated carbocycles. The van der Waals surface area contributed by atoms with Crippen LogP contribution in [0.25, 0.3) is 11.8 Å². The molecule has 2 aromatic carbocycles. The fourth-order valence-corrected chi connectivity index (χ4v) is 3.80. The first-order chi connectivity index (χ1) is 17.5. The Balaban J connectivity index is 1.76. The number of rotatable bonds is 3. The molecule has 3 heterocycles. The van der Waals surface area contributed by atoms with Crippen molar-refractivity contribution in [1.82, 2.24) is 9.55 Å². The number of aromatic nitrogens is 3. The first kappa shape index (κ1) is 22.4. The van der Waals surface area contributed by atoms with Gasteiger partial charge in [-0.1, -0.05) is 42.5 Å². The van der Waals surface area contributed by atoms with Crippen molar-refractivity contribution in [2.24, 2.45) is 4.99 Å². The summed E-state index contributed by atoms with van der Waals surface area (Å²) in [6, 6.07) is 20.7. The lowest BCUT2D eigenvalue weighted by molar-refractivity contribution is -0.554. The molecule has 10 heteroatoms. The zero-order valence-corrected chi connectivity index (χ0v) is 18.6. The summed E-state index contributed by atoms with van der Waals surface area (Å²) in [5.74, 6) is -1.48. The molecule has 1 aliphatic rings. The van der Waals surface area contributed by atoms with Gasteiger partial charge in [-0.2, -0.15) is 0 Å². The van der Waals surface area contributed by atoms with Gasteiger partial charge >= 0.3 is 17.6 Å². The number of aromatic hydroxyl groups is 1. The van der Waals surface area contributed by atoms with Gasteiger partial charge in [0.15, 0.2) is 0 Å². The molecule has 0 unspecified atom stereocenters. The van der Waals surface area contributed by atoms with Crippen LogP contribution in [0.5, 0.6) is 5.88 Å². The number of imide groups is 1. The number of amides is 3. The van der Waals surface area contributed by atoms with Crippen LogP contribution >= 0.6 is 0 Å². The summed E-state index contributed by atoms with van der Waals surface area (Å²) in [7, 11) is 0. The van der Waals surface area contributed by atoms with Gasteiger partial charge in [0.2, 0.25) is 5.88 Å². The van der Waals surface area contributed by atoms with Gasteiger partial charge < -0.3 is 5.11 Å². The Morgan fingerprint density at radius 1 is 0.806 bits per heavy atom. The third-order valence-corrected chi connectivity index (χ3v) is 5.47. The molecular formula is C26H18N5O5+. The highest BCUT2D eigenvalue weighted by Crippen LogP contribution is 2.25. The number of aliphatic imine (C=N–C) groups is 1. The summed E-state index contributed by atoms with van der Waals surface area (Å²) in [6.07, 6.45) is 4.29. The van der Waals surface area contributed by atoms with E-state index in [9.17, 15) is 24.3 Å². The third-order valence-electron chi connectivity index (χ3n) is 5.47. The normalized spacial score (nSPS) is 14.7. The number of hydrogen-bond acceptors (Lipinski definition) is 5. The van der Waals surface area contributed by atoms with Crippen LogP contribution in [0.15, 0.2) is 111 Å². The Bertz CT molecular complexity index is 1660. The van der Waals surface area contributed by atoms with Crippen molar-refractivity contribution in [2.75, 3.05) is 4.90 Å². The van der Waals surface area contributed by atoms with Crippen LogP contribution in [0, 0.1) is 0 Å². The predicted molar refractivity (Wildman–Crippen MR) is 131 cm³/mol. The number of aromatic amines is 1. The van der Waals surface area contributed by atoms with E-state index in [4.69, 9.17) is 0 Å². The summed E-state index contributed by atoms with van der Waals surface area (Å²) in [5.41, 5.74) is -1.68. The van der Waals surface area contributed by atoms with Gasteiger partial charge in [0, 0.05) is 4.99 Å². The van der Waals surface area contributed by atoms with Crippen molar-refractivity contribution in [3.05, 3.63) is 123 Å². The minimum atomic E-state index is -0.912. The summed E-state index contributed by atoms with van der Waals surface area (Å²) in [4.78, 5) is 59.0. The zero-order chi connectivity index (χ0) is 25.2. The van der Waals surface area contributed by atoms with Crippen LogP contribution in [0.2, 0.25) is 0 Å². The minimum Gasteiger partial charge on any atom is -0.494 e. The summed E-state index contributed by atoms with van der Waals surface area (Å²) < 4.78 is 2.36. The van der Waals surface area contributed by atoms with Gasteiger partial charge in [-0.3, -0.25) is 14.6 Å². The quantitative estimate of drug-likeness (QED) is 0.342. The number of para-hydroxylation sites is 2. The SMILES string of the molecule is O=C1N=C([n+]2ccccc2)/C(=C/c2c(O)n(-c3ccccc3)c(=O)[nH]c2=O)C(=O)N1c1ccccc1. The van der Waals surface area contributed by atoms with E-state index in [1.807, 2.05) is 0 Å². The summed E-state index contributed by atoms with van der Waals surface area (Å²) in [5, 5.41) is 11.0. The van der Waals surface area contributed by atoms with Gasteiger partial charge in [-0.05, 0) is 42.5 Å². The maximum atomic E-state index is 13.6. The Morgan fingerprint density at radius 2 is 1.39 bits per heavy atom. The second-order valence-electron chi connectivity index (χ2n) is 7.70. The lowest BCUT2D eigenvalue weighted by atomic mass is 10.1. The molecule has 0 radical (unpaired) electrons. The molecule has 4 aromatic rings. The van der Waals surface area contributed by atoms with E-state index in [0.29, 0.717) is 5.69 Å². The van der Waals surface area contributed by atoms with Crippen LogP contribution in [-0.2, 0) is 4.79 Å². The van der Waals surface area contributed by atoms with Gasteiger partial charge in [-0.25, -0.2) is 23.6 Å². The molecule has 0 spiro atoms. The van der Waals surface area contributed by atoms with Crippen molar-refractivity contribution >= 4 is 29.5 Å². The van der Waals surface area contributed by atoms with Crippen LogP contribution in [-0.4, -0.2) is 32.4 Å². The number of hydrogen-bond donors (Lipinski definition) is 2. The molecule has 176 valence electrons. The van der Waals surface area contributed by atoms with Gasteiger partial charge in [-0.15, -0.1) is 0 Å². The van der Waals surface area contributed by atoms with Crippen molar-refractivity contribution in [1.29, 1.82) is 0 Å². The largest absolute Gasteiger partial charge is 0.494 e. The highest BCUT2D eigenvalue weighted by Gasteiger charge is 2.42. The van der Waals surface area contributed by atoms with Crippen molar-refractivity contribution < 1.29 is 19.3 Å². The lowest BCUT2D eigenvalue weighted by Crippen LogP contribution is -2.53. The number of carbonyl (C=O) groups is 2. The molecule has 10 nitrogen and oxygen atoms in total. The molecule has 0 saturated heterocycles. The molecule has 1 aliphatic heterocycles. The molecule has 0 fully saturated rings. The first-order valence-corrected chi connectivity index (χ1v) is 10.8. The number of urea groups is 1. The summed E-state index contributed by atoms with van der Waals surface area (Å²) in [6.45, 7) is 0. The molecule has 0 bridgehead atoms. The van der Waals surface area contributed by atoms with Crippen LogP contribution < -0.4 is 20.7 Å². The molecule has 36 heavy (non-hydrogen) atoms. The number of nitrogens with zero attached hydrogens (tertiary/aromatic N) is 4.